The zero-order valence-electron chi connectivity index (χ0n) is 12.1. The molecule has 22 heavy (non-hydrogen) atoms. The smallest absolute Gasteiger partial charge is 0.329 e. The van der Waals surface area contributed by atoms with E-state index in [4.69, 9.17) is 4.74 Å². The van der Waals surface area contributed by atoms with Crippen molar-refractivity contribution in [2.75, 3.05) is 24.7 Å². The van der Waals surface area contributed by atoms with E-state index >= 15 is 0 Å². The summed E-state index contributed by atoms with van der Waals surface area (Å²) in [6, 6.07) is 4.77. The minimum Gasteiger partial charge on any atom is -0.464 e. The summed E-state index contributed by atoms with van der Waals surface area (Å²) in [6.07, 6.45) is 0. The number of hydrogen-bond acceptors (Lipinski definition) is 6. The maximum absolute atomic E-state index is 12.5. The van der Waals surface area contributed by atoms with Gasteiger partial charge in [-0.3, -0.25) is 14.9 Å². The highest BCUT2D eigenvalue weighted by Crippen LogP contribution is 2.21. The van der Waals surface area contributed by atoms with Gasteiger partial charge in [-0.1, -0.05) is 0 Å². The van der Waals surface area contributed by atoms with Crippen LogP contribution in [0.1, 0.15) is 17.3 Å². The fourth-order valence-electron chi connectivity index (χ4n) is 2.17. The Bertz CT molecular complexity index is 575. The number of nitrogens with zero attached hydrogens (tertiary/aromatic N) is 2. The lowest BCUT2D eigenvalue weighted by atomic mass is 10.1. The standard InChI is InChI=1S/C14H16N2O5S/c1-2-21-14(18)12-9-22-8-7-15(12)13(17)10-3-5-11(6-4-10)16(19)20/h3-6,12H,2,7-9H2,1H3. The van der Waals surface area contributed by atoms with Crippen molar-refractivity contribution in [3.05, 3.63) is 39.9 Å². The van der Waals surface area contributed by atoms with Gasteiger partial charge in [-0.2, -0.15) is 11.8 Å². The second kappa shape index (κ2) is 7.26. The van der Waals surface area contributed by atoms with E-state index in [0.717, 1.165) is 5.75 Å². The van der Waals surface area contributed by atoms with Gasteiger partial charge in [0.2, 0.25) is 0 Å². The predicted molar refractivity (Wildman–Crippen MR) is 81.9 cm³/mol. The topological polar surface area (TPSA) is 89.8 Å². The van der Waals surface area contributed by atoms with Gasteiger partial charge in [-0.05, 0) is 19.1 Å². The Balaban J connectivity index is 2.17. The van der Waals surface area contributed by atoms with Gasteiger partial charge in [0.25, 0.3) is 11.6 Å². The van der Waals surface area contributed by atoms with Crippen molar-refractivity contribution in [2.45, 2.75) is 13.0 Å². The summed E-state index contributed by atoms with van der Waals surface area (Å²) in [5.74, 6) is 0.518. The van der Waals surface area contributed by atoms with Crippen molar-refractivity contribution in [1.82, 2.24) is 4.90 Å². The lowest BCUT2D eigenvalue weighted by Crippen LogP contribution is -2.51. The summed E-state index contributed by atoms with van der Waals surface area (Å²) in [7, 11) is 0. The van der Waals surface area contributed by atoms with E-state index in [9.17, 15) is 19.7 Å². The minimum absolute atomic E-state index is 0.0762. The van der Waals surface area contributed by atoms with E-state index in [-0.39, 0.29) is 18.2 Å². The summed E-state index contributed by atoms with van der Waals surface area (Å²) in [4.78, 5) is 36.1. The maximum atomic E-state index is 12.5. The normalized spacial score (nSPS) is 17.9. The molecule has 0 aliphatic carbocycles. The molecule has 0 aromatic heterocycles. The van der Waals surface area contributed by atoms with Crippen molar-refractivity contribution in [1.29, 1.82) is 0 Å². The molecule has 0 saturated carbocycles. The molecule has 8 heteroatoms. The number of esters is 1. The molecule has 1 aliphatic heterocycles. The number of ether oxygens (including phenoxy) is 1. The van der Waals surface area contributed by atoms with Crippen molar-refractivity contribution >= 4 is 29.3 Å². The summed E-state index contributed by atoms with van der Waals surface area (Å²) < 4.78 is 5.01. The fraction of sp³-hybridized carbons (Fsp3) is 0.429. The van der Waals surface area contributed by atoms with Crippen LogP contribution >= 0.6 is 11.8 Å². The van der Waals surface area contributed by atoms with Crippen molar-refractivity contribution < 1.29 is 19.2 Å². The number of thioether (sulfide) groups is 1. The third-order valence-corrected chi connectivity index (χ3v) is 4.30. The highest BCUT2D eigenvalue weighted by molar-refractivity contribution is 7.99. The first-order valence-corrected chi connectivity index (χ1v) is 8.00. The lowest BCUT2D eigenvalue weighted by molar-refractivity contribution is -0.384. The van der Waals surface area contributed by atoms with Crippen LogP contribution in [0.5, 0.6) is 0 Å². The lowest BCUT2D eigenvalue weighted by Gasteiger charge is -2.33. The Kier molecular flexibility index (Phi) is 5.37. The van der Waals surface area contributed by atoms with Crippen LogP contribution in [-0.4, -0.2) is 52.4 Å². The molecular formula is C14H16N2O5S. The zero-order chi connectivity index (χ0) is 16.1. The van der Waals surface area contributed by atoms with E-state index in [1.165, 1.54) is 29.2 Å². The highest BCUT2D eigenvalue weighted by Gasteiger charge is 2.34. The van der Waals surface area contributed by atoms with Crippen molar-refractivity contribution in [2.24, 2.45) is 0 Å². The van der Waals surface area contributed by atoms with Crippen LogP contribution in [0.25, 0.3) is 0 Å². The number of hydrogen-bond donors (Lipinski definition) is 0. The quantitative estimate of drug-likeness (QED) is 0.476. The molecule has 1 heterocycles. The predicted octanol–water partition coefficient (Wildman–Crippen LogP) is 1.72. The SMILES string of the molecule is CCOC(=O)C1CSCCN1C(=O)c1ccc([N+](=O)[O-])cc1. The van der Waals surface area contributed by atoms with Crippen LogP contribution in [-0.2, 0) is 9.53 Å². The van der Waals surface area contributed by atoms with Gasteiger partial charge in [0.1, 0.15) is 6.04 Å². The first-order chi connectivity index (χ1) is 10.5. The molecule has 0 bridgehead atoms. The Hall–Kier alpha value is -2.09. The molecule has 1 aromatic carbocycles. The van der Waals surface area contributed by atoms with Gasteiger partial charge < -0.3 is 9.64 Å². The molecule has 1 unspecified atom stereocenters. The van der Waals surface area contributed by atoms with Gasteiger partial charge in [0, 0.05) is 35.7 Å². The molecule has 0 spiro atoms. The van der Waals surface area contributed by atoms with Gasteiger partial charge in [0.15, 0.2) is 0 Å². The Morgan fingerprint density at radius 2 is 2.09 bits per heavy atom. The number of amides is 1. The van der Waals surface area contributed by atoms with Gasteiger partial charge >= 0.3 is 5.97 Å². The molecule has 1 saturated heterocycles. The van der Waals surface area contributed by atoms with Crippen molar-refractivity contribution in [3.8, 4) is 0 Å². The fourth-order valence-corrected chi connectivity index (χ4v) is 3.20. The molecule has 1 aliphatic rings. The Labute approximate surface area is 131 Å². The molecule has 1 atom stereocenters. The summed E-state index contributed by atoms with van der Waals surface area (Å²) in [6.45, 7) is 2.43. The van der Waals surface area contributed by atoms with E-state index in [1.54, 1.807) is 18.7 Å². The average Bonchev–Trinajstić information content (AvgIpc) is 2.54. The van der Waals surface area contributed by atoms with Crippen LogP contribution in [0.4, 0.5) is 5.69 Å². The molecule has 0 radical (unpaired) electrons. The first-order valence-electron chi connectivity index (χ1n) is 6.84. The Morgan fingerprint density at radius 1 is 1.41 bits per heavy atom. The first kappa shape index (κ1) is 16.3. The molecule has 1 amide bonds. The second-order valence-corrected chi connectivity index (χ2v) is 5.80. The second-order valence-electron chi connectivity index (χ2n) is 4.65. The van der Waals surface area contributed by atoms with Gasteiger partial charge in [-0.25, -0.2) is 4.79 Å². The Morgan fingerprint density at radius 3 is 2.68 bits per heavy atom. The molecular weight excluding hydrogens is 308 g/mol. The number of carbonyl (C=O) groups is 2. The van der Waals surface area contributed by atoms with Crippen LogP contribution in [0.2, 0.25) is 0 Å². The van der Waals surface area contributed by atoms with Crippen LogP contribution < -0.4 is 0 Å². The van der Waals surface area contributed by atoms with Crippen LogP contribution in [0.3, 0.4) is 0 Å². The summed E-state index contributed by atoms with van der Waals surface area (Å²) in [5, 5.41) is 10.6. The number of benzene rings is 1. The van der Waals surface area contributed by atoms with Crippen molar-refractivity contribution in [3.63, 3.8) is 0 Å². The zero-order valence-corrected chi connectivity index (χ0v) is 12.9. The van der Waals surface area contributed by atoms with Crippen LogP contribution in [0, 0.1) is 10.1 Å². The number of rotatable bonds is 4. The molecule has 2 rings (SSSR count). The average molecular weight is 324 g/mol. The molecule has 118 valence electrons. The molecule has 7 nitrogen and oxygen atoms in total. The van der Waals surface area contributed by atoms with Crippen LogP contribution in [0.15, 0.2) is 24.3 Å². The van der Waals surface area contributed by atoms with E-state index in [0.29, 0.717) is 17.9 Å². The molecule has 1 fully saturated rings. The largest absolute Gasteiger partial charge is 0.464 e. The van der Waals surface area contributed by atoms with E-state index in [2.05, 4.69) is 0 Å². The summed E-state index contributed by atoms with van der Waals surface area (Å²) in [5.41, 5.74) is 0.250. The van der Waals surface area contributed by atoms with E-state index in [1.807, 2.05) is 0 Å². The number of nitro benzene ring substituents is 1. The number of non-ortho nitro benzene ring substituents is 1. The molecule has 1 aromatic rings. The molecule has 0 N–H and O–H groups in total. The number of nitro groups is 1. The maximum Gasteiger partial charge on any atom is 0.329 e. The van der Waals surface area contributed by atoms with Gasteiger partial charge in [-0.15, -0.1) is 0 Å². The van der Waals surface area contributed by atoms with E-state index < -0.39 is 16.9 Å². The third-order valence-electron chi connectivity index (χ3n) is 3.27. The van der Waals surface area contributed by atoms with Gasteiger partial charge in [0.05, 0.1) is 11.5 Å². The minimum atomic E-state index is -0.610. The highest BCUT2D eigenvalue weighted by atomic mass is 32.2. The number of carbonyl (C=O) groups excluding carboxylic acids is 2. The summed E-state index contributed by atoms with van der Waals surface area (Å²) >= 11 is 1.60. The monoisotopic (exact) mass is 324 g/mol. The third kappa shape index (κ3) is 3.56.